The van der Waals surface area contributed by atoms with E-state index in [2.05, 4.69) is 5.32 Å². The summed E-state index contributed by atoms with van der Waals surface area (Å²) in [6, 6.07) is -0.493. The van der Waals surface area contributed by atoms with Crippen molar-refractivity contribution in [3.8, 4) is 0 Å². The van der Waals surface area contributed by atoms with Crippen molar-refractivity contribution >= 4 is 12.0 Å². The molecule has 5 heteroatoms. The van der Waals surface area contributed by atoms with Gasteiger partial charge >= 0.3 is 12.0 Å². The number of carboxylic acids is 1. The molecule has 1 saturated carbocycles. The highest BCUT2D eigenvalue weighted by molar-refractivity contribution is 5.78. The Morgan fingerprint density at radius 3 is 2.50 bits per heavy atom. The highest BCUT2D eigenvalue weighted by atomic mass is 16.4. The molecule has 2 amide bonds. The van der Waals surface area contributed by atoms with Crippen LogP contribution in [0.4, 0.5) is 4.79 Å². The number of urea groups is 1. The lowest BCUT2D eigenvalue weighted by Crippen LogP contribution is -2.54. The predicted octanol–water partition coefficient (Wildman–Crippen LogP) is 1.29. The van der Waals surface area contributed by atoms with Crippen LogP contribution in [-0.2, 0) is 4.79 Å². The van der Waals surface area contributed by atoms with E-state index in [1.165, 1.54) is 4.90 Å². The summed E-state index contributed by atoms with van der Waals surface area (Å²) >= 11 is 0. The molecule has 2 unspecified atom stereocenters. The molecule has 0 aromatic rings. The van der Waals surface area contributed by atoms with Gasteiger partial charge in [-0.3, -0.25) is 4.79 Å². The molecule has 1 aliphatic rings. The maximum absolute atomic E-state index is 11.5. The number of aliphatic carboxylic acids is 1. The van der Waals surface area contributed by atoms with Crippen molar-refractivity contribution < 1.29 is 14.7 Å². The third-order valence-corrected chi connectivity index (χ3v) is 3.40. The maximum atomic E-state index is 11.5. The van der Waals surface area contributed by atoms with Crippen LogP contribution in [0.5, 0.6) is 0 Å². The highest BCUT2D eigenvalue weighted by Gasteiger charge is 2.43. The first-order chi connectivity index (χ1) is 7.38. The second-order valence-corrected chi connectivity index (χ2v) is 4.86. The van der Waals surface area contributed by atoms with Gasteiger partial charge in [0, 0.05) is 20.1 Å². The Morgan fingerprint density at radius 1 is 1.38 bits per heavy atom. The van der Waals surface area contributed by atoms with E-state index in [1.807, 2.05) is 0 Å². The lowest BCUT2D eigenvalue weighted by Gasteiger charge is -2.38. The van der Waals surface area contributed by atoms with E-state index < -0.39 is 11.4 Å². The van der Waals surface area contributed by atoms with E-state index in [0.29, 0.717) is 6.42 Å². The Bertz CT molecular complexity index is 291. The number of carbonyl (C=O) groups excluding carboxylic acids is 1. The monoisotopic (exact) mass is 228 g/mol. The molecule has 92 valence electrons. The molecule has 0 aromatic carbocycles. The van der Waals surface area contributed by atoms with Crippen LogP contribution in [0.2, 0.25) is 0 Å². The first-order valence-corrected chi connectivity index (χ1v) is 5.59. The number of nitrogens with zero attached hydrogens (tertiary/aromatic N) is 1. The molecule has 1 fully saturated rings. The zero-order valence-corrected chi connectivity index (χ0v) is 10.1. The Balaban J connectivity index is 2.75. The van der Waals surface area contributed by atoms with Crippen molar-refractivity contribution in [2.45, 2.75) is 38.6 Å². The zero-order chi connectivity index (χ0) is 12.3. The van der Waals surface area contributed by atoms with Crippen molar-refractivity contribution in [3.05, 3.63) is 0 Å². The summed E-state index contributed by atoms with van der Waals surface area (Å²) in [6.45, 7) is 1.72. The van der Waals surface area contributed by atoms with Crippen molar-refractivity contribution in [1.29, 1.82) is 0 Å². The van der Waals surface area contributed by atoms with Gasteiger partial charge in [0.05, 0.1) is 5.41 Å². The molecule has 0 bridgehead atoms. The quantitative estimate of drug-likeness (QED) is 0.748. The van der Waals surface area contributed by atoms with Gasteiger partial charge in [0.25, 0.3) is 0 Å². The van der Waals surface area contributed by atoms with Crippen LogP contribution in [0, 0.1) is 5.41 Å². The number of carbonyl (C=O) groups is 2. The van der Waals surface area contributed by atoms with Crippen molar-refractivity contribution in [2.75, 3.05) is 14.1 Å². The fraction of sp³-hybridized carbons (Fsp3) is 0.818. The lowest BCUT2D eigenvalue weighted by atomic mass is 9.72. The van der Waals surface area contributed by atoms with Gasteiger partial charge in [-0.05, 0) is 19.8 Å². The molecule has 0 aromatic heterocycles. The molecule has 5 nitrogen and oxygen atoms in total. The van der Waals surface area contributed by atoms with Gasteiger partial charge in [0.1, 0.15) is 0 Å². The standard InChI is InChI=1S/C11H20N2O3/c1-11(9(14)15)7-5-4-6-8(11)12-10(16)13(2)3/h8H,4-7H2,1-3H3,(H,12,16)(H,14,15). The Labute approximate surface area is 95.8 Å². The van der Waals surface area contributed by atoms with E-state index in [1.54, 1.807) is 21.0 Å². The Kier molecular flexibility index (Phi) is 3.78. The minimum atomic E-state index is -0.829. The van der Waals surface area contributed by atoms with Crippen LogP contribution in [0.1, 0.15) is 32.6 Å². The minimum absolute atomic E-state index is 0.223. The van der Waals surface area contributed by atoms with E-state index in [9.17, 15) is 14.7 Å². The average Bonchev–Trinajstić information content (AvgIpc) is 2.21. The second-order valence-electron chi connectivity index (χ2n) is 4.86. The molecule has 0 radical (unpaired) electrons. The first-order valence-electron chi connectivity index (χ1n) is 5.59. The van der Waals surface area contributed by atoms with Crippen LogP contribution in [0.3, 0.4) is 0 Å². The van der Waals surface area contributed by atoms with E-state index >= 15 is 0 Å². The summed E-state index contributed by atoms with van der Waals surface area (Å²) < 4.78 is 0. The van der Waals surface area contributed by atoms with E-state index in [-0.39, 0.29) is 12.1 Å². The maximum Gasteiger partial charge on any atom is 0.317 e. The normalized spacial score (nSPS) is 29.6. The number of rotatable bonds is 2. The van der Waals surface area contributed by atoms with Gasteiger partial charge < -0.3 is 15.3 Å². The third-order valence-electron chi connectivity index (χ3n) is 3.40. The highest BCUT2D eigenvalue weighted by Crippen LogP contribution is 2.36. The van der Waals surface area contributed by atoms with Crippen molar-refractivity contribution in [1.82, 2.24) is 10.2 Å². The first kappa shape index (κ1) is 12.8. The summed E-state index contributed by atoms with van der Waals surface area (Å²) in [4.78, 5) is 24.2. The SMILES string of the molecule is CN(C)C(=O)NC1CCCCC1(C)C(=O)O. The molecule has 2 atom stereocenters. The molecule has 1 aliphatic carbocycles. The fourth-order valence-corrected chi connectivity index (χ4v) is 2.10. The number of carboxylic acid groups (broad SMARTS) is 1. The number of amides is 2. The van der Waals surface area contributed by atoms with E-state index in [0.717, 1.165) is 19.3 Å². The zero-order valence-electron chi connectivity index (χ0n) is 10.1. The van der Waals surface area contributed by atoms with Crippen molar-refractivity contribution in [3.63, 3.8) is 0 Å². The molecule has 1 rings (SSSR count). The smallest absolute Gasteiger partial charge is 0.317 e. The molecular weight excluding hydrogens is 208 g/mol. The van der Waals surface area contributed by atoms with Crippen LogP contribution in [-0.4, -0.2) is 42.1 Å². The lowest BCUT2D eigenvalue weighted by molar-refractivity contribution is -0.151. The Hall–Kier alpha value is -1.26. The van der Waals surface area contributed by atoms with Gasteiger partial charge in [-0.1, -0.05) is 12.8 Å². The topological polar surface area (TPSA) is 69.6 Å². The predicted molar refractivity (Wildman–Crippen MR) is 60.2 cm³/mol. The summed E-state index contributed by atoms with van der Waals surface area (Å²) in [5.41, 5.74) is -0.829. The average molecular weight is 228 g/mol. The van der Waals surface area contributed by atoms with Crippen LogP contribution < -0.4 is 5.32 Å². The number of hydrogen-bond donors (Lipinski definition) is 2. The van der Waals surface area contributed by atoms with Crippen LogP contribution in [0.25, 0.3) is 0 Å². The van der Waals surface area contributed by atoms with Crippen LogP contribution in [0.15, 0.2) is 0 Å². The Morgan fingerprint density at radius 2 is 2.00 bits per heavy atom. The van der Waals surface area contributed by atoms with Crippen molar-refractivity contribution in [2.24, 2.45) is 5.41 Å². The molecule has 0 saturated heterocycles. The van der Waals surface area contributed by atoms with Gasteiger partial charge in [-0.15, -0.1) is 0 Å². The summed E-state index contributed by atoms with van der Waals surface area (Å²) in [7, 11) is 3.30. The molecule has 0 heterocycles. The second kappa shape index (κ2) is 4.72. The molecule has 2 N–H and O–H groups in total. The van der Waals surface area contributed by atoms with Gasteiger partial charge in [-0.2, -0.15) is 0 Å². The summed E-state index contributed by atoms with van der Waals surface area (Å²) in [5.74, 6) is -0.823. The molecule has 0 aliphatic heterocycles. The third kappa shape index (κ3) is 2.46. The largest absolute Gasteiger partial charge is 0.481 e. The fourth-order valence-electron chi connectivity index (χ4n) is 2.10. The van der Waals surface area contributed by atoms with Gasteiger partial charge in [0.15, 0.2) is 0 Å². The number of hydrogen-bond acceptors (Lipinski definition) is 2. The molecule has 0 spiro atoms. The minimum Gasteiger partial charge on any atom is -0.481 e. The van der Waals surface area contributed by atoms with Gasteiger partial charge in [0.2, 0.25) is 0 Å². The summed E-state index contributed by atoms with van der Waals surface area (Å²) in [6.07, 6.45) is 3.25. The van der Waals surface area contributed by atoms with Crippen LogP contribution >= 0.6 is 0 Å². The number of nitrogens with one attached hydrogen (secondary N) is 1. The van der Waals surface area contributed by atoms with E-state index in [4.69, 9.17) is 0 Å². The molecular formula is C11H20N2O3. The molecule has 16 heavy (non-hydrogen) atoms. The van der Waals surface area contributed by atoms with Gasteiger partial charge in [-0.25, -0.2) is 4.79 Å². The summed E-state index contributed by atoms with van der Waals surface area (Å²) in [5, 5.41) is 12.1.